The third kappa shape index (κ3) is 6.27. The van der Waals surface area contributed by atoms with E-state index in [0.717, 1.165) is 41.0 Å². The van der Waals surface area contributed by atoms with Crippen molar-refractivity contribution in [1.82, 2.24) is 0 Å². The summed E-state index contributed by atoms with van der Waals surface area (Å²) in [5, 5.41) is 0. The molecule has 0 bridgehead atoms. The molecule has 0 saturated carbocycles. The SMILES string of the molecule is CCCCOC(=O)C1C(C)=NC2=C(C(=O)C[C@@H](c3ccc(OC)cc3)C2)[C@H]1c1ccccc1OCc1ccccc1. The number of methoxy groups -OCH3 is 1. The highest BCUT2D eigenvalue weighted by Gasteiger charge is 2.45. The summed E-state index contributed by atoms with van der Waals surface area (Å²) >= 11 is 0. The number of unbranched alkanes of at least 4 members (excludes halogenated alkanes) is 1. The van der Waals surface area contributed by atoms with Crippen molar-refractivity contribution in [2.45, 2.75) is 58.0 Å². The zero-order valence-electron chi connectivity index (χ0n) is 24.0. The lowest BCUT2D eigenvalue weighted by atomic mass is 9.69. The lowest BCUT2D eigenvalue weighted by Crippen LogP contribution is -2.38. The fourth-order valence-corrected chi connectivity index (χ4v) is 5.82. The van der Waals surface area contributed by atoms with Gasteiger partial charge in [-0.25, -0.2) is 0 Å². The quantitative estimate of drug-likeness (QED) is 0.197. The molecule has 41 heavy (non-hydrogen) atoms. The fourth-order valence-electron chi connectivity index (χ4n) is 5.82. The molecular weight excluding hydrogens is 514 g/mol. The van der Waals surface area contributed by atoms with Gasteiger partial charge in [0.25, 0.3) is 0 Å². The molecule has 3 aromatic rings. The van der Waals surface area contributed by atoms with Crippen LogP contribution in [0.2, 0.25) is 0 Å². The molecule has 0 aromatic heterocycles. The van der Waals surface area contributed by atoms with E-state index in [2.05, 4.69) is 6.92 Å². The number of hydrogen-bond acceptors (Lipinski definition) is 6. The third-order valence-electron chi connectivity index (χ3n) is 7.96. The molecule has 3 atom stereocenters. The first-order chi connectivity index (χ1) is 20.0. The van der Waals surface area contributed by atoms with Crippen molar-refractivity contribution in [3.63, 3.8) is 0 Å². The van der Waals surface area contributed by atoms with Gasteiger partial charge in [-0.3, -0.25) is 14.6 Å². The Kier molecular flexibility index (Phi) is 8.98. The van der Waals surface area contributed by atoms with Crippen LogP contribution in [0.25, 0.3) is 0 Å². The van der Waals surface area contributed by atoms with Crippen LogP contribution < -0.4 is 9.47 Å². The lowest BCUT2D eigenvalue weighted by Gasteiger charge is -2.37. The predicted octanol–water partition coefficient (Wildman–Crippen LogP) is 7.19. The molecule has 6 nitrogen and oxygen atoms in total. The second kappa shape index (κ2) is 13.0. The number of rotatable bonds is 10. The van der Waals surface area contributed by atoms with Gasteiger partial charge in [0.15, 0.2) is 5.78 Å². The van der Waals surface area contributed by atoms with Gasteiger partial charge in [-0.2, -0.15) is 0 Å². The summed E-state index contributed by atoms with van der Waals surface area (Å²) in [5.41, 5.74) is 4.93. The maximum atomic E-state index is 14.0. The molecule has 0 fully saturated rings. The summed E-state index contributed by atoms with van der Waals surface area (Å²) in [6.45, 7) is 4.65. The van der Waals surface area contributed by atoms with E-state index in [1.54, 1.807) is 7.11 Å². The first-order valence-electron chi connectivity index (χ1n) is 14.4. The average molecular weight is 552 g/mol. The molecule has 0 N–H and O–H groups in total. The van der Waals surface area contributed by atoms with Crippen molar-refractivity contribution in [2.24, 2.45) is 10.9 Å². The van der Waals surface area contributed by atoms with Crippen LogP contribution in [0.15, 0.2) is 95.1 Å². The predicted molar refractivity (Wildman–Crippen MR) is 159 cm³/mol. The molecule has 0 radical (unpaired) electrons. The molecule has 1 heterocycles. The van der Waals surface area contributed by atoms with Gasteiger partial charge in [0.05, 0.1) is 13.7 Å². The van der Waals surface area contributed by atoms with Crippen LogP contribution in [0.1, 0.15) is 68.1 Å². The highest BCUT2D eigenvalue weighted by molar-refractivity contribution is 6.09. The number of para-hydroxylation sites is 1. The molecule has 1 aliphatic carbocycles. The first kappa shape index (κ1) is 28.3. The molecular formula is C35H37NO5. The summed E-state index contributed by atoms with van der Waals surface area (Å²) in [7, 11) is 1.64. The number of aliphatic imine (C=N–C) groups is 1. The Hall–Kier alpha value is -4.19. The molecule has 1 unspecified atom stereocenters. The Labute approximate surface area is 242 Å². The summed E-state index contributed by atoms with van der Waals surface area (Å²) in [4.78, 5) is 32.5. The minimum atomic E-state index is -0.700. The van der Waals surface area contributed by atoms with Crippen molar-refractivity contribution in [3.8, 4) is 11.5 Å². The third-order valence-corrected chi connectivity index (χ3v) is 7.96. The van der Waals surface area contributed by atoms with Crippen LogP contribution in [0.3, 0.4) is 0 Å². The zero-order valence-corrected chi connectivity index (χ0v) is 24.0. The number of ether oxygens (including phenoxy) is 3. The number of allylic oxidation sites excluding steroid dienone is 2. The molecule has 1 aliphatic heterocycles. The summed E-state index contributed by atoms with van der Waals surface area (Å²) in [6.07, 6.45) is 2.67. The summed E-state index contributed by atoms with van der Waals surface area (Å²) in [5.74, 6) is -0.140. The fraction of sp³-hybridized carbons (Fsp3) is 0.343. The minimum absolute atomic E-state index is 0.00184. The van der Waals surface area contributed by atoms with Crippen LogP contribution in [-0.2, 0) is 20.9 Å². The largest absolute Gasteiger partial charge is 0.497 e. The van der Waals surface area contributed by atoms with Crippen LogP contribution in [-0.4, -0.2) is 31.2 Å². The number of carbonyl (C=O) groups is 2. The Morgan fingerprint density at radius 3 is 2.41 bits per heavy atom. The summed E-state index contributed by atoms with van der Waals surface area (Å²) in [6, 6.07) is 25.5. The maximum absolute atomic E-state index is 14.0. The van der Waals surface area contributed by atoms with Gasteiger partial charge in [-0.1, -0.05) is 74.0 Å². The monoisotopic (exact) mass is 551 g/mol. The molecule has 6 heteroatoms. The van der Waals surface area contributed by atoms with Crippen LogP contribution >= 0.6 is 0 Å². The normalized spacial score (nSPS) is 20.2. The van der Waals surface area contributed by atoms with Gasteiger partial charge in [-0.15, -0.1) is 0 Å². The standard InChI is InChI=1S/C35H37NO5/c1-4-5-19-40-35(38)32-23(2)36-29-20-26(25-15-17-27(39-3)18-16-25)21-30(37)34(29)33(32)28-13-9-10-14-31(28)41-22-24-11-7-6-8-12-24/h6-18,26,32-33H,4-5,19-22H2,1-3H3/t26-,32?,33-/m0/s1. The summed E-state index contributed by atoms with van der Waals surface area (Å²) < 4.78 is 17.4. The molecule has 0 amide bonds. The highest BCUT2D eigenvalue weighted by Crippen LogP contribution is 2.48. The van der Waals surface area contributed by atoms with E-state index in [4.69, 9.17) is 19.2 Å². The van der Waals surface area contributed by atoms with E-state index in [1.807, 2.05) is 85.8 Å². The van der Waals surface area contributed by atoms with Crippen LogP contribution in [0.4, 0.5) is 0 Å². The Balaban J connectivity index is 1.53. The van der Waals surface area contributed by atoms with Gasteiger partial charge in [-0.05, 0) is 55.0 Å². The van der Waals surface area contributed by atoms with Crippen molar-refractivity contribution in [3.05, 3.63) is 107 Å². The van der Waals surface area contributed by atoms with E-state index >= 15 is 0 Å². The van der Waals surface area contributed by atoms with Gasteiger partial charge >= 0.3 is 5.97 Å². The topological polar surface area (TPSA) is 74.2 Å². The van der Waals surface area contributed by atoms with Crippen LogP contribution in [0, 0.1) is 5.92 Å². The van der Waals surface area contributed by atoms with E-state index in [0.29, 0.717) is 43.1 Å². The zero-order chi connectivity index (χ0) is 28.8. The smallest absolute Gasteiger partial charge is 0.315 e. The second-order valence-electron chi connectivity index (χ2n) is 10.7. The number of Topliss-reactive ketones (excluding diaryl/α,β-unsaturated/α-hetero) is 1. The van der Waals surface area contributed by atoms with Gasteiger partial charge in [0, 0.05) is 34.9 Å². The molecule has 3 aromatic carbocycles. The number of hydrogen-bond donors (Lipinski definition) is 0. The number of benzene rings is 3. The number of carbonyl (C=O) groups excluding carboxylic acids is 2. The van der Waals surface area contributed by atoms with E-state index in [9.17, 15) is 9.59 Å². The van der Waals surface area contributed by atoms with E-state index in [1.165, 1.54) is 0 Å². The number of ketones is 1. The van der Waals surface area contributed by atoms with Gasteiger partial charge < -0.3 is 14.2 Å². The van der Waals surface area contributed by atoms with Crippen molar-refractivity contribution in [1.29, 1.82) is 0 Å². The van der Waals surface area contributed by atoms with Crippen LogP contribution in [0.5, 0.6) is 11.5 Å². The lowest BCUT2D eigenvalue weighted by molar-refractivity contribution is -0.146. The minimum Gasteiger partial charge on any atom is -0.497 e. The second-order valence-corrected chi connectivity index (χ2v) is 10.7. The number of nitrogens with zero attached hydrogens (tertiary/aromatic N) is 1. The Bertz CT molecular complexity index is 1440. The Morgan fingerprint density at radius 2 is 1.68 bits per heavy atom. The van der Waals surface area contributed by atoms with Crippen molar-refractivity contribution < 1.29 is 23.8 Å². The maximum Gasteiger partial charge on any atom is 0.315 e. The molecule has 2 aliphatic rings. The van der Waals surface area contributed by atoms with Crippen molar-refractivity contribution >= 4 is 17.5 Å². The molecule has 0 spiro atoms. The van der Waals surface area contributed by atoms with Gasteiger partial charge in [0.2, 0.25) is 0 Å². The Morgan fingerprint density at radius 1 is 0.951 bits per heavy atom. The van der Waals surface area contributed by atoms with E-state index in [-0.39, 0.29) is 17.7 Å². The first-order valence-corrected chi connectivity index (χ1v) is 14.4. The molecule has 5 rings (SSSR count). The van der Waals surface area contributed by atoms with Gasteiger partial charge in [0.1, 0.15) is 24.0 Å². The van der Waals surface area contributed by atoms with Crippen molar-refractivity contribution in [2.75, 3.05) is 13.7 Å². The number of esters is 1. The molecule has 212 valence electrons. The molecule has 0 saturated heterocycles. The highest BCUT2D eigenvalue weighted by atomic mass is 16.5. The average Bonchev–Trinajstić information content (AvgIpc) is 3.00. The van der Waals surface area contributed by atoms with E-state index < -0.39 is 11.8 Å².